The molecule has 3 N–H and O–H groups in total. The van der Waals surface area contributed by atoms with E-state index in [1.165, 1.54) is 0 Å². The van der Waals surface area contributed by atoms with Crippen molar-refractivity contribution in [2.24, 2.45) is 17.3 Å². The van der Waals surface area contributed by atoms with Crippen molar-refractivity contribution >= 4 is 35.1 Å². The second-order valence-corrected chi connectivity index (χ2v) is 10.4. The molecule has 8 nitrogen and oxygen atoms in total. The topological polar surface area (TPSA) is 114 Å². The van der Waals surface area contributed by atoms with Crippen molar-refractivity contribution < 1.29 is 24.5 Å². The zero-order valence-electron chi connectivity index (χ0n) is 20.4. The average Bonchev–Trinajstić information content (AvgIpc) is 3.18. The Hall–Kier alpha value is -2.73. The largest absolute Gasteiger partial charge is 0.492 e. The smallest absolute Gasteiger partial charge is 0.306 e. The number of amides is 1. The van der Waals surface area contributed by atoms with Gasteiger partial charge in [0.1, 0.15) is 23.7 Å². The van der Waals surface area contributed by atoms with Crippen LogP contribution in [0.25, 0.3) is 0 Å². The highest BCUT2D eigenvalue weighted by Crippen LogP contribution is 2.28. The lowest BCUT2D eigenvalue weighted by Crippen LogP contribution is -2.34. The first-order valence-electron chi connectivity index (χ1n) is 11.9. The number of aromatic nitrogens is 2. The summed E-state index contributed by atoms with van der Waals surface area (Å²) in [4.78, 5) is 28.8. The quantitative estimate of drug-likeness (QED) is 0.413. The average molecular weight is 536 g/mol. The molecule has 1 saturated carbocycles. The van der Waals surface area contributed by atoms with Gasteiger partial charge in [-0.3, -0.25) is 9.59 Å². The van der Waals surface area contributed by atoms with Crippen LogP contribution >= 0.6 is 23.2 Å². The van der Waals surface area contributed by atoms with Crippen LogP contribution in [0.5, 0.6) is 5.75 Å². The monoisotopic (exact) mass is 535 g/mol. The molecule has 0 atom stereocenters. The van der Waals surface area contributed by atoms with E-state index in [1.807, 2.05) is 0 Å². The fraction of sp³-hybridized carbons (Fsp3) is 0.500. The number of hydrogen-bond acceptors (Lipinski definition) is 5. The van der Waals surface area contributed by atoms with Gasteiger partial charge < -0.3 is 24.8 Å². The molecule has 1 fully saturated rings. The fourth-order valence-electron chi connectivity index (χ4n) is 3.93. The van der Waals surface area contributed by atoms with E-state index in [9.17, 15) is 19.8 Å². The number of aliphatic carboxylic acids is 1. The predicted octanol–water partition coefficient (Wildman–Crippen LogP) is 4.26. The van der Waals surface area contributed by atoms with Crippen LogP contribution in [0.3, 0.4) is 0 Å². The summed E-state index contributed by atoms with van der Waals surface area (Å²) in [5, 5.41) is 22.4. The molecule has 1 aromatic heterocycles. The van der Waals surface area contributed by atoms with E-state index in [0.717, 1.165) is 12.8 Å². The van der Waals surface area contributed by atoms with Gasteiger partial charge in [-0.25, -0.2) is 4.98 Å². The first kappa shape index (κ1) is 27.9. The number of imidazole rings is 1. The Labute approximate surface area is 221 Å². The van der Waals surface area contributed by atoms with Gasteiger partial charge in [-0.2, -0.15) is 0 Å². The summed E-state index contributed by atoms with van der Waals surface area (Å²) < 4.78 is 7.33. The van der Waals surface area contributed by atoms with Crippen molar-refractivity contribution in [3.05, 3.63) is 46.0 Å². The molecule has 1 aliphatic carbocycles. The van der Waals surface area contributed by atoms with Gasteiger partial charge in [-0.15, -0.1) is 0 Å². The summed E-state index contributed by atoms with van der Waals surface area (Å²) in [6, 6.07) is 6.94. The van der Waals surface area contributed by atoms with Gasteiger partial charge in [0.15, 0.2) is 0 Å². The number of carboxylic acids is 1. The third-order valence-electron chi connectivity index (χ3n) is 6.20. The number of rotatable bonds is 9. The van der Waals surface area contributed by atoms with Gasteiger partial charge in [0, 0.05) is 17.0 Å². The van der Waals surface area contributed by atoms with Crippen molar-refractivity contribution in [3.63, 3.8) is 0 Å². The Morgan fingerprint density at radius 1 is 1.19 bits per heavy atom. The molecule has 1 amide bonds. The first-order chi connectivity index (χ1) is 17.1. The maximum Gasteiger partial charge on any atom is 0.306 e. The molecular formula is C26H31Cl2N3O5. The Morgan fingerprint density at radius 2 is 1.86 bits per heavy atom. The third-order valence-corrected chi connectivity index (χ3v) is 6.74. The summed E-state index contributed by atoms with van der Waals surface area (Å²) in [6.07, 6.45) is 2.69. The molecule has 10 heteroatoms. The maximum absolute atomic E-state index is 13.3. The van der Waals surface area contributed by atoms with Crippen molar-refractivity contribution in [3.8, 4) is 17.6 Å². The zero-order chi connectivity index (χ0) is 26.3. The molecule has 0 bridgehead atoms. The van der Waals surface area contributed by atoms with Crippen molar-refractivity contribution in [2.75, 3.05) is 19.8 Å². The molecule has 0 radical (unpaired) electrons. The Bertz CT molecular complexity index is 1130. The molecule has 1 aromatic carbocycles. The summed E-state index contributed by atoms with van der Waals surface area (Å²) in [5.41, 5.74) is -0.231. The van der Waals surface area contributed by atoms with Crippen LogP contribution in [-0.2, 0) is 11.3 Å². The van der Waals surface area contributed by atoms with E-state index in [0.29, 0.717) is 30.2 Å². The number of nitrogens with zero attached hydrogens (tertiary/aromatic N) is 2. The second kappa shape index (κ2) is 12.5. The van der Waals surface area contributed by atoms with Gasteiger partial charge in [-0.1, -0.05) is 17.5 Å². The van der Waals surface area contributed by atoms with Gasteiger partial charge in [-0.05, 0) is 87.2 Å². The molecule has 0 unspecified atom stereocenters. The Kier molecular flexibility index (Phi) is 9.66. The van der Waals surface area contributed by atoms with Gasteiger partial charge >= 0.3 is 5.97 Å². The number of benzene rings is 1. The second-order valence-electron chi connectivity index (χ2n) is 9.59. The summed E-state index contributed by atoms with van der Waals surface area (Å²) in [6.45, 7) is 4.32. The van der Waals surface area contributed by atoms with E-state index in [4.69, 9.17) is 27.9 Å². The lowest BCUT2D eigenvalue weighted by Gasteiger charge is -2.26. The minimum absolute atomic E-state index is 0.105. The highest BCUT2D eigenvalue weighted by atomic mass is 35.5. The number of aliphatic hydroxyl groups is 1. The van der Waals surface area contributed by atoms with Crippen LogP contribution in [-0.4, -0.2) is 51.4 Å². The lowest BCUT2D eigenvalue weighted by atomic mass is 9.82. The van der Waals surface area contributed by atoms with Crippen LogP contribution in [0.4, 0.5) is 0 Å². The third kappa shape index (κ3) is 7.63. The molecule has 1 aliphatic rings. The summed E-state index contributed by atoms with van der Waals surface area (Å²) in [7, 11) is 0. The zero-order valence-corrected chi connectivity index (χ0v) is 21.9. The molecule has 36 heavy (non-hydrogen) atoms. The molecule has 2 aromatic rings. The van der Waals surface area contributed by atoms with Crippen LogP contribution in [0.2, 0.25) is 10.3 Å². The standard InChI is InChI=1S/C26H31Cl2N3O5/c1-26(2,16-32)12-11-21-22(23(33)29-15-17-3-5-18(6-4-17)24(34)35)31(25(28)30-21)13-14-36-20-9-7-19(27)8-10-20/h7-10,17-18,32H,3-6,13-16H2,1-2H3,(H,29,33)(H,34,35)/t17-,18-. The number of nitrogens with one attached hydrogen (secondary N) is 1. The van der Waals surface area contributed by atoms with Gasteiger partial charge in [0.05, 0.1) is 19.1 Å². The summed E-state index contributed by atoms with van der Waals surface area (Å²) in [5.74, 6) is 5.26. The minimum Gasteiger partial charge on any atom is -0.492 e. The number of carbonyl (C=O) groups is 2. The number of carboxylic acid groups (broad SMARTS) is 1. The normalized spacial score (nSPS) is 17.7. The Balaban J connectivity index is 1.75. The highest BCUT2D eigenvalue weighted by molar-refractivity contribution is 6.30. The van der Waals surface area contributed by atoms with Crippen molar-refractivity contribution in [2.45, 2.75) is 46.1 Å². The Morgan fingerprint density at radius 3 is 2.47 bits per heavy atom. The predicted molar refractivity (Wildman–Crippen MR) is 137 cm³/mol. The number of ether oxygens (including phenoxy) is 1. The highest BCUT2D eigenvalue weighted by Gasteiger charge is 2.27. The van der Waals surface area contributed by atoms with Crippen molar-refractivity contribution in [1.29, 1.82) is 0 Å². The van der Waals surface area contributed by atoms with E-state index >= 15 is 0 Å². The molecule has 0 aliphatic heterocycles. The fourth-order valence-corrected chi connectivity index (χ4v) is 4.31. The SMILES string of the molecule is CC(C)(C#Cc1nc(Cl)n(CCOc2ccc(Cl)cc2)c1C(=O)NC[C@H]1CC[C@H](C(=O)O)CC1)CO. The molecular weight excluding hydrogens is 505 g/mol. The van der Waals surface area contributed by atoms with E-state index in [1.54, 1.807) is 42.7 Å². The molecule has 1 heterocycles. The maximum atomic E-state index is 13.3. The number of aliphatic hydroxyl groups excluding tert-OH is 1. The number of hydrogen-bond donors (Lipinski definition) is 3. The molecule has 3 rings (SSSR count). The minimum atomic E-state index is -0.758. The van der Waals surface area contributed by atoms with E-state index < -0.39 is 11.4 Å². The first-order valence-corrected chi connectivity index (χ1v) is 12.6. The van der Waals surface area contributed by atoms with E-state index in [2.05, 4.69) is 22.1 Å². The lowest BCUT2D eigenvalue weighted by molar-refractivity contribution is -0.143. The van der Waals surface area contributed by atoms with Crippen LogP contribution in [0.1, 0.15) is 55.7 Å². The molecule has 194 valence electrons. The van der Waals surface area contributed by atoms with Crippen LogP contribution in [0, 0.1) is 29.1 Å². The number of halogens is 2. The van der Waals surface area contributed by atoms with Gasteiger partial charge in [0.2, 0.25) is 5.28 Å². The molecule has 0 saturated heterocycles. The van der Waals surface area contributed by atoms with Gasteiger partial charge in [0.25, 0.3) is 5.91 Å². The van der Waals surface area contributed by atoms with Crippen LogP contribution in [0.15, 0.2) is 24.3 Å². The van der Waals surface area contributed by atoms with E-state index in [-0.39, 0.29) is 54.2 Å². The van der Waals surface area contributed by atoms with Crippen molar-refractivity contribution in [1.82, 2.24) is 14.9 Å². The number of carbonyl (C=O) groups excluding carboxylic acids is 1. The molecule has 0 spiro atoms. The summed E-state index contributed by atoms with van der Waals surface area (Å²) >= 11 is 12.3. The van der Waals surface area contributed by atoms with Crippen LogP contribution < -0.4 is 10.1 Å².